The Bertz CT molecular complexity index is 712. The molecule has 0 unspecified atom stereocenters. The molecule has 3 heteroatoms. The molecule has 0 aliphatic rings. The van der Waals surface area contributed by atoms with Gasteiger partial charge in [-0.2, -0.15) is 0 Å². The zero-order valence-corrected chi connectivity index (χ0v) is 16.1. The summed E-state index contributed by atoms with van der Waals surface area (Å²) in [6, 6.07) is 23.2. The first kappa shape index (κ1) is 17.4. The van der Waals surface area contributed by atoms with Gasteiger partial charge in [-0.25, -0.2) is 4.98 Å². The zero-order valence-electron chi connectivity index (χ0n) is 14.7. The average molecular weight is 347 g/mol. The van der Waals surface area contributed by atoms with Crippen molar-refractivity contribution >= 4 is 9.52 Å². The minimum absolute atomic E-state index is 0.0762. The third kappa shape index (κ3) is 3.82. The van der Waals surface area contributed by atoms with Crippen LogP contribution in [0.4, 0.5) is 0 Å². The van der Waals surface area contributed by atoms with E-state index in [1.165, 1.54) is 30.0 Å². The van der Waals surface area contributed by atoms with Crippen molar-refractivity contribution in [1.82, 2.24) is 9.55 Å². The lowest BCUT2D eigenvalue weighted by Gasteiger charge is -2.37. The fraction of sp³-hybridized carbons (Fsp3) is 0.227. The molecule has 1 aromatic heterocycles. The predicted molar refractivity (Wildman–Crippen MR) is 109 cm³/mol. The van der Waals surface area contributed by atoms with E-state index in [2.05, 4.69) is 83.0 Å². The summed E-state index contributed by atoms with van der Waals surface area (Å²) in [4.78, 5) is 4.37. The molecule has 3 rings (SSSR count). The Balaban J connectivity index is 2.03. The predicted octanol–water partition coefficient (Wildman–Crippen LogP) is 4.58. The smallest absolute Gasteiger partial charge is 0.0953 e. The second kappa shape index (κ2) is 8.63. The molecule has 0 bridgehead atoms. The third-order valence-corrected chi connectivity index (χ3v) is 7.65. The van der Waals surface area contributed by atoms with Gasteiger partial charge in [-0.1, -0.05) is 85.6 Å². The van der Waals surface area contributed by atoms with Gasteiger partial charge in [-0.3, -0.25) is 0 Å². The standard InChI is InChI=1S/C22H26N2Si/c1-2-3-4-11-18-25-22(24-17-16-23-19-24,20-12-7-5-8-13-20)21-14-9-6-10-15-21/h2,5-10,12-17,19H,1,3-4,11,18,25H2. The number of allylic oxidation sites excluding steroid dienone is 1. The molecule has 3 aromatic rings. The maximum Gasteiger partial charge on any atom is 0.0953 e. The monoisotopic (exact) mass is 346 g/mol. The van der Waals surface area contributed by atoms with Crippen LogP contribution in [0.5, 0.6) is 0 Å². The summed E-state index contributed by atoms with van der Waals surface area (Å²) in [5.41, 5.74) is 2.74. The van der Waals surface area contributed by atoms with E-state index in [4.69, 9.17) is 0 Å². The van der Waals surface area contributed by atoms with E-state index >= 15 is 0 Å². The molecule has 0 saturated carbocycles. The fourth-order valence-electron chi connectivity index (χ4n) is 3.64. The minimum atomic E-state index is -0.486. The second-order valence-electron chi connectivity index (χ2n) is 6.45. The van der Waals surface area contributed by atoms with Gasteiger partial charge in [0.15, 0.2) is 0 Å². The van der Waals surface area contributed by atoms with Crippen LogP contribution in [0.25, 0.3) is 0 Å². The molecule has 128 valence electrons. The van der Waals surface area contributed by atoms with Crippen molar-refractivity contribution in [3.05, 3.63) is 103 Å². The van der Waals surface area contributed by atoms with Crippen molar-refractivity contribution in [2.75, 3.05) is 0 Å². The largest absolute Gasteiger partial charge is 0.327 e. The number of hydrogen-bond acceptors (Lipinski definition) is 1. The molecule has 0 amide bonds. The van der Waals surface area contributed by atoms with E-state index in [9.17, 15) is 0 Å². The number of hydrogen-bond donors (Lipinski definition) is 0. The highest BCUT2D eigenvalue weighted by Gasteiger charge is 2.35. The lowest BCUT2D eigenvalue weighted by Crippen LogP contribution is -2.41. The van der Waals surface area contributed by atoms with E-state index in [0.29, 0.717) is 0 Å². The molecule has 25 heavy (non-hydrogen) atoms. The number of rotatable bonds is 9. The van der Waals surface area contributed by atoms with Gasteiger partial charge in [-0.15, -0.1) is 6.58 Å². The minimum Gasteiger partial charge on any atom is -0.327 e. The van der Waals surface area contributed by atoms with Crippen molar-refractivity contribution in [2.45, 2.75) is 30.5 Å². The van der Waals surface area contributed by atoms with Crippen molar-refractivity contribution in [3.63, 3.8) is 0 Å². The number of aromatic nitrogens is 2. The van der Waals surface area contributed by atoms with E-state index in [1.807, 2.05) is 18.6 Å². The van der Waals surface area contributed by atoms with Gasteiger partial charge in [0, 0.05) is 12.4 Å². The first-order valence-corrected chi connectivity index (χ1v) is 10.8. The van der Waals surface area contributed by atoms with Crippen LogP contribution in [0.2, 0.25) is 6.04 Å². The Hall–Kier alpha value is -2.39. The summed E-state index contributed by atoms with van der Waals surface area (Å²) in [6.45, 7) is 3.84. The summed E-state index contributed by atoms with van der Waals surface area (Å²) in [7, 11) is -0.486. The molecule has 0 saturated heterocycles. The number of nitrogens with zero attached hydrogens (tertiary/aromatic N) is 2. The van der Waals surface area contributed by atoms with Crippen LogP contribution in [-0.2, 0) is 5.16 Å². The van der Waals surface area contributed by atoms with Gasteiger partial charge in [0.05, 0.1) is 21.0 Å². The molecule has 0 atom stereocenters. The van der Waals surface area contributed by atoms with Crippen molar-refractivity contribution < 1.29 is 0 Å². The van der Waals surface area contributed by atoms with Crippen LogP contribution in [0.15, 0.2) is 92.0 Å². The molecule has 0 fully saturated rings. The Morgan fingerprint density at radius 3 is 2.12 bits per heavy atom. The lowest BCUT2D eigenvalue weighted by atomic mass is 9.97. The topological polar surface area (TPSA) is 17.8 Å². The van der Waals surface area contributed by atoms with Gasteiger partial charge in [0.25, 0.3) is 0 Å². The summed E-state index contributed by atoms with van der Waals surface area (Å²) in [5.74, 6) is 0. The van der Waals surface area contributed by atoms with Crippen LogP contribution in [0.1, 0.15) is 30.4 Å². The molecule has 0 radical (unpaired) electrons. The molecular weight excluding hydrogens is 320 g/mol. The maximum absolute atomic E-state index is 4.37. The summed E-state index contributed by atoms with van der Waals surface area (Å²) in [6.07, 6.45) is 11.6. The van der Waals surface area contributed by atoms with Crippen molar-refractivity contribution in [1.29, 1.82) is 0 Å². The molecule has 0 spiro atoms. The first-order chi connectivity index (χ1) is 12.4. The van der Waals surface area contributed by atoms with E-state index in [-0.39, 0.29) is 5.16 Å². The van der Waals surface area contributed by atoms with Gasteiger partial charge in [-0.05, 0) is 17.5 Å². The van der Waals surface area contributed by atoms with E-state index in [1.54, 1.807) is 0 Å². The van der Waals surface area contributed by atoms with Crippen LogP contribution in [0.3, 0.4) is 0 Å². The van der Waals surface area contributed by atoms with Crippen molar-refractivity contribution in [2.24, 2.45) is 0 Å². The second-order valence-corrected chi connectivity index (χ2v) is 8.68. The van der Waals surface area contributed by atoms with Gasteiger partial charge < -0.3 is 4.57 Å². The summed E-state index contributed by atoms with van der Waals surface area (Å²) < 4.78 is 2.33. The average Bonchev–Trinajstić information content (AvgIpc) is 3.21. The van der Waals surface area contributed by atoms with Crippen LogP contribution < -0.4 is 0 Å². The van der Waals surface area contributed by atoms with Gasteiger partial charge >= 0.3 is 0 Å². The number of benzene rings is 2. The Morgan fingerprint density at radius 1 is 0.960 bits per heavy atom. The van der Waals surface area contributed by atoms with Crippen LogP contribution in [-0.4, -0.2) is 19.1 Å². The quantitative estimate of drug-likeness (QED) is 0.315. The molecule has 1 heterocycles. The highest BCUT2D eigenvalue weighted by atomic mass is 28.2. The SMILES string of the molecule is C=CCCCC[SiH2]C(c1ccccc1)(c1ccccc1)n1ccnc1. The van der Waals surface area contributed by atoms with E-state index < -0.39 is 9.52 Å². The molecule has 0 N–H and O–H groups in total. The maximum atomic E-state index is 4.37. The van der Waals surface area contributed by atoms with E-state index in [0.717, 1.165) is 6.42 Å². The lowest BCUT2D eigenvalue weighted by molar-refractivity contribution is 0.588. The summed E-state index contributed by atoms with van der Waals surface area (Å²) in [5, 5.41) is -0.0762. The molecule has 0 aliphatic carbocycles. The van der Waals surface area contributed by atoms with Gasteiger partial charge in [0.1, 0.15) is 0 Å². The number of unbranched alkanes of at least 4 members (excludes halogenated alkanes) is 2. The molecule has 0 aliphatic heterocycles. The highest BCUT2D eigenvalue weighted by Crippen LogP contribution is 2.34. The highest BCUT2D eigenvalue weighted by molar-refractivity contribution is 6.41. The normalized spacial score (nSPS) is 11.8. The number of imidazole rings is 1. The van der Waals surface area contributed by atoms with Crippen molar-refractivity contribution in [3.8, 4) is 0 Å². The Morgan fingerprint density at radius 2 is 1.60 bits per heavy atom. The first-order valence-electron chi connectivity index (χ1n) is 9.08. The third-order valence-electron chi connectivity index (χ3n) is 4.89. The van der Waals surface area contributed by atoms with Crippen LogP contribution >= 0.6 is 0 Å². The van der Waals surface area contributed by atoms with Gasteiger partial charge in [0.2, 0.25) is 0 Å². The fourth-order valence-corrected chi connectivity index (χ4v) is 6.25. The van der Waals surface area contributed by atoms with Crippen LogP contribution in [0, 0.1) is 0 Å². The molecule has 2 aromatic carbocycles. The molecular formula is C22H26N2Si. The molecule has 2 nitrogen and oxygen atoms in total. The zero-order chi connectivity index (χ0) is 17.4. The Labute approximate surface area is 153 Å². The summed E-state index contributed by atoms with van der Waals surface area (Å²) >= 11 is 0. The Kier molecular flexibility index (Phi) is 6.02.